The van der Waals surface area contributed by atoms with Crippen LogP contribution in [0.1, 0.15) is 5.56 Å². The Kier molecular flexibility index (Phi) is 5.62. The minimum Gasteiger partial charge on any atom is -1.00 e. The normalized spacial score (nSPS) is 11.3. The number of hydrogen-bond donors (Lipinski definition) is 2. The number of carbonyl (C=O) groups is 1. The van der Waals surface area contributed by atoms with Crippen molar-refractivity contribution in [2.45, 2.75) is 12.5 Å². The van der Waals surface area contributed by atoms with Crippen LogP contribution in [0.4, 0.5) is 5.69 Å². The van der Waals surface area contributed by atoms with Gasteiger partial charge >= 0.3 is 5.97 Å². The lowest BCUT2D eigenvalue weighted by Crippen LogP contribution is -3.00. The van der Waals surface area contributed by atoms with Gasteiger partial charge < -0.3 is 27.8 Å². The summed E-state index contributed by atoms with van der Waals surface area (Å²) < 4.78 is 0. The number of carboxylic acids is 1. The summed E-state index contributed by atoms with van der Waals surface area (Å²) in [5.41, 5.74) is 4.18. The molecule has 0 amide bonds. The molecule has 1 atom stereocenters. The van der Waals surface area contributed by atoms with Crippen molar-refractivity contribution in [3.05, 3.63) is 39.9 Å². The van der Waals surface area contributed by atoms with E-state index in [1.807, 2.05) is 0 Å². The zero-order valence-electron chi connectivity index (χ0n) is 8.30. The molecule has 0 aliphatic heterocycles. The molecule has 0 aromatic heterocycles. The van der Waals surface area contributed by atoms with Crippen molar-refractivity contribution >= 4 is 11.7 Å². The van der Waals surface area contributed by atoms with Crippen molar-refractivity contribution in [2.75, 3.05) is 0 Å². The van der Waals surface area contributed by atoms with E-state index in [1.165, 1.54) is 12.1 Å². The molecule has 1 aromatic rings. The molecule has 0 radical (unpaired) electrons. The van der Waals surface area contributed by atoms with Crippen LogP contribution in [0.25, 0.3) is 0 Å². The fourth-order valence-corrected chi connectivity index (χ4v) is 1.13. The van der Waals surface area contributed by atoms with E-state index in [-0.39, 0.29) is 29.1 Å². The number of nitro benzene ring substituents is 1. The molecule has 0 saturated carbocycles. The van der Waals surface area contributed by atoms with Crippen molar-refractivity contribution in [2.24, 2.45) is 0 Å². The van der Waals surface area contributed by atoms with Crippen molar-refractivity contribution in [3.8, 4) is 0 Å². The van der Waals surface area contributed by atoms with Crippen LogP contribution in [0.3, 0.4) is 0 Å². The van der Waals surface area contributed by atoms with Crippen molar-refractivity contribution in [1.82, 2.24) is 0 Å². The first-order chi connectivity index (χ1) is 7.00. The quantitative estimate of drug-likeness (QED) is 0.451. The maximum absolute atomic E-state index is 10.5. The van der Waals surface area contributed by atoms with Crippen LogP contribution in [0.5, 0.6) is 0 Å². The van der Waals surface area contributed by atoms with E-state index in [4.69, 9.17) is 5.11 Å². The van der Waals surface area contributed by atoms with Crippen molar-refractivity contribution in [3.63, 3.8) is 0 Å². The van der Waals surface area contributed by atoms with Crippen LogP contribution in [0, 0.1) is 10.1 Å². The second-order valence-corrected chi connectivity index (χ2v) is 3.16. The van der Waals surface area contributed by atoms with Gasteiger partial charge in [-0.1, -0.05) is 12.1 Å². The molecule has 1 aromatic carbocycles. The molecular weight excluding hydrogens is 280 g/mol. The third-order valence-electron chi connectivity index (χ3n) is 1.98. The van der Waals surface area contributed by atoms with E-state index in [1.54, 1.807) is 12.1 Å². The van der Waals surface area contributed by atoms with E-state index >= 15 is 0 Å². The Bertz CT molecular complexity index is 380. The molecule has 0 spiro atoms. The van der Waals surface area contributed by atoms with Gasteiger partial charge in [-0.15, -0.1) is 0 Å². The Balaban J connectivity index is 0.00000225. The van der Waals surface area contributed by atoms with Gasteiger partial charge in [-0.3, -0.25) is 10.1 Å². The molecule has 6 nitrogen and oxygen atoms in total. The van der Waals surface area contributed by atoms with Gasteiger partial charge in [-0.2, -0.15) is 0 Å². The number of carboxylic acid groups (broad SMARTS) is 1. The molecule has 16 heavy (non-hydrogen) atoms. The highest BCUT2D eigenvalue weighted by atomic mass is 79.9. The van der Waals surface area contributed by atoms with Crippen molar-refractivity contribution in [1.29, 1.82) is 0 Å². The highest BCUT2D eigenvalue weighted by Crippen LogP contribution is 2.12. The predicted octanol–water partition coefficient (Wildman–Crippen LogP) is -3.16. The molecule has 0 unspecified atom stereocenters. The number of nitrogens with zero attached hydrogens (tertiary/aromatic N) is 1. The largest absolute Gasteiger partial charge is 1.00 e. The molecular formula is C9H11BrN2O4. The number of nitro groups is 1. The summed E-state index contributed by atoms with van der Waals surface area (Å²) in [4.78, 5) is 20.4. The smallest absolute Gasteiger partial charge is 0.362 e. The molecule has 0 heterocycles. The molecule has 0 bridgehead atoms. The monoisotopic (exact) mass is 290 g/mol. The van der Waals surface area contributed by atoms with Gasteiger partial charge in [0, 0.05) is 18.6 Å². The van der Waals surface area contributed by atoms with E-state index in [0.717, 1.165) is 5.56 Å². The lowest BCUT2D eigenvalue weighted by molar-refractivity contribution is -0.407. The molecule has 0 aliphatic rings. The number of halogens is 1. The summed E-state index contributed by atoms with van der Waals surface area (Å²) >= 11 is 0. The molecule has 4 N–H and O–H groups in total. The predicted molar refractivity (Wildman–Crippen MR) is 51.1 cm³/mol. The third kappa shape index (κ3) is 3.95. The lowest BCUT2D eigenvalue weighted by Gasteiger charge is -2.02. The summed E-state index contributed by atoms with van der Waals surface area (Å²) in [7, 11) is 0. The number of aliphatic carboxylic acids is 1. The SMILES string of the molecule is [Br-].[NH3+][C@@H](Cc1ccc([N+](=O)[O-])cc1)C(=O)O. The second-order valence-electron chi connectivity index (χ2n) is 3.16. The molecule has 0 saturated heterocycles. The fraction of sp³-hybridized carbons (Fsp3) is 0.222. The number of benzene rings is 1. The number of rotatable bonds is 4. The minimum atomic E-state index is -0.978. The zero-order chi connectivity index (χ0) is 11.4. The van der Waals surface area contributed by atoms with Crippen LogP contribution in [-0.2, 0) is 11.2 Å². The molecule has 1 rings (SSSR count). The third-order valence-corrected chi connectivity index (χ3v) is 1.98. The molecule has 7 heteroatoms. The summed E-state index contributed by atoms with van der Waals surface area (Å²) in [6, 6.07) is 5.05. The van der Waals surface area contributed by atoms with Gasteiger partial charge in [0.1, 0.15) is 0 Å². The highest BCUT2D eigenvalue weighted by molar-refractivity contribution is 5.71. The Morgan fingerprint density at radius 2 is 1.94 bits per heavy atom. The average molecular weight is 291 g/mol. The van der Waals surface area contributed by atoms with E-state index in [0.29, 0.717) is 0 Å². The first-order valence-electron chi connectivity index (χ1n) is 4.30. The fourth-order valence-electron chi connectivity index (χ4n) is 1.13. The second kappa shape index (κ2) is 6.19. The van der Waals surface area contributed by atoms with Gasteiger partial charge in [0.15, 0.2) is 6.04 Å². The van der Waals surface area contributed by atoms with E-state index in [2.05, 4.69) is 5.73 Å². The summed E-state index contributed by atoms with van der Waals surface area (Å²) in [5.74, 6) is -0.978. The first kappa shape index (κ1) is 14.5. The maximum atomic E-state index is 10.5. The van der Waals surface area contributed by atoms with Gasteiger partial charge in [-0.05, 0) is 5.56 Å². The topological polar surface area (TPSA) is 108 Å². The number of quaternary nitrogens is 1. The van der Waals surface area contributed by atoms with Gasteiger partial charge in [0.2, 0.25) is 0 Å². The lowest BCUT2D eigenvalue weighted by atomic mass is 10.1. The van der Waals surface area contributed by atoms with E-state index in [9.17, 15) is 14.9 Å². The Hall–Kier alpha value is -1.47. The van der Waals surface area contributed by atoms with Gasteiger partial charge in [0.05, 0.1) is 4.92 Å². The Morgan fingerprint density at radius 1 is 1.44 bits per heavy atom. The van der Waals surface area contributed by atoms with Crippen LogP contribution in [0.2, 0.25) is 0 Å². The van der Waals surface area contributed by atoms with Crippen LogP contribution < -0.4 is 22.7 Å². The highest BCUT2D eigenvalue weighted by Gasteiger charge is 2.16. The summed E-state index contributed by atoms with van der Waals surface area (Å²) in [5, 5.41) is 19.0. The molecule has 0 fully saturated rings. The Labute approximate surface area is 102 Å². The standard InChI is InChI=1S/C9H10N2O4.BrH/c10-8(9(12)13)5-6-1-3-7(4-2-6)11(14)15;/h1-4,8H,5,10H2,(H,12,13);1H/t8-;/m0./s1. The van der Waals surface area contributed by atoms with Gasteiger partial charge in [0.25, 0.3) is 5.69 Å². The Morgan fingerprint density at radius 3 is 2.31 bits per heavy atom. The van der Waals surface area contributed by atoms with Crippen molar-refractivity contribution < 1.29 is 37.5 Å². The number of non-ortho nitro benzene ring substituents is 1. The maximum Gasteiger partial charge on any atom is 0.362 e. The van der Waals surface area contributed by atoms with Gasteiger partial charge in [-0.25, -0.2) is 4.79 Å². The van der Waals surface area contributed by atoms with Crippen LogP contribution >= 0.6 is 0 Å². The zero-order valence-corrected chi connectivity index (χ0v) is 9.88. The summed E-state index contributed by atoms with van der Waals surface area (Å²) in [6.45, 7) is 0. The van der Waals surface area contributed by atoms with Crippen LogP contribution in [-0.4, -0.2) is 22.0 Å². The minimum absolute atomic E-state index is 0. The number of hydrogen-bond acceptors (Lipinski definition) is 3. The summed E-state index contributed by atoms with van der Waals surface area (Å²) in [6.07, 6.45) is 0.271. The molecule has 88 valence electrons. The van der Waals surface area contributed by atoms with E-state index < -0.39 is 16.9 Å². The van der Waals surface area contributed by atoms with Crippen LogP contribution in [0.15, 0.2) is 24.3 Å². The average Bonchev–Trinajstić information content (AvgIpc) is 2.18. The molecule has 0 aliphatic carbocycles. The first-order valence-corrected chi connectivity index (χ1v) is 4.30.